The smallest absolute Gasteiger partial charge is 0.0580 e. The monoisotopic (exact) mass is 357 g/mol. The van der Waals surface area contributed by atoms with E-state index < -0.39 is 0 Å². The molecule has 1 nitrogen and oxygen atoms in total. The molecule has 0 atom stereocenters. The molecule has 2 saturated carbocycles. The van der Waals surface area contributed by atoms with Crippen molar-refractivity contribution in [1.82, 2.24) is 5.32 Å². The van der Waals surface area contributed by atoms with Gasteiger partial charge in [-0.05, 0) is 55.3 Å². The molecule has 0 bridgehead atoms. The second-order valence-corrected chi connectivity index (χ2v) is 8.25. The van der Waals surface area contributed by atoms with Crippen molar-refractivity contribution >= 4 is 11.6 Å². The molecular formula is C23H32ClN. The summed E-state index contributed by atoms with van der Waals surface area (Å²) in [6.07, 6.45) is 15.1. The summed E-state index contributed by atoms with van der Waals surface area (Å²) >= 11 is 6.53. The van der Waals surface area contributed by atoms with E-state index in [0.29, 0.717) is 5.92 Å². The van der Waals surface area contributed by atoms with Gasteiger partial charge in [-0.1, -0.05) is 80.9 Å². The molecule has 3 rings (SSSR count). The van der Waals surface area contributed by atoms with Crippen molar-refractivity contribution in [3.8, 4) is 11.8 Å². The molecule has 2 aliphatic rings. The van der Waals surface area contributed by atoms with E-state index in [9.17, 15) is 0 Å². The van der Waals surface area contributed by atoms with E-state index in [1.807, 2.05) is 0 Å². The third kappa shape index (κ3) is 6.05. The summed E-state index contributed by atoms with van der Waals surface area (Å²) in [5.41, 5.74) is 2.37. The summed E-state index contributed by atoms with van der Waals surface area (Å²) in [5.74, 6) is 8.10. The van der Waals surface area contributed by atoms with Gasteiger partial charge < -0.3 is 5.32 Å². The summed E-state index contributed by atoms with van der Waals surface area (Å²) in [6.45, 7) is 1.87. The molecule has 2 heteroatoms. The number of hydrogen-bond acceptors (Lipinski definition) is 1. The van der Waals surface area contributed by atoms with Crippen LogP contribution in [0.1, 0.15) is 87.7 Å². The average Bonchev–Trinajstić information content (AvgIpc) is 2.66. The highest BCUT2D eigenvalue weighted by molar-refractivity contribution is 6.31. The maximum absolute atomic E-state index is 6.53. The predicted octanol–water partition coefficient (Wildman–Crippen LogP) is 6.30. The van der Waals surface area contributed by atoms with E-state index in [-0.39, 0.29) is 0 Å². The van der Waals surface area contributed by atoms with Crippen LogP contribution in [0.5, 0.6) is 0 Å². The van der Waals surface area contributed by atoms with Crippen molar-refractivity contribution in [3.05, 3.63) is 34.3 Å². The molecule has 0 amide bonds. The predicted molar refractivity (Wildman–Crippen MR) is 108 cm³/mol. The highest BCUT2D eigenvalue weighted by Gasteiger charge is 2.17. The fourth-order valence-electron chi connectivity index (χ4n) is 4.43. The van der Waals surface area contributed by atoms with Gasteiger partial charge in [-0.15, -0.1) is 0 Å². The molecule has 0 radical (unpaired) electrons. The van der Waals surface area contributed by atoms with Gasteiger partial charge >= 0.3 is 0 Å². The van der Waals surface area contributed by atoms with Crippen LogP contribution in [0.2, 0.25) is 5.02 Å². The molecule has 2 aliphatic carbocycles. The normalized spacial score (nSPS) is 19.4. The first kappa shape index (κ1) is 18.8. The van der Waals surface area contributed by atoms with Crippen LogP contribution in [0.3, 0.4) is 0 Å². The van der Waals surface area contributed by atoms with E-state index in [4.69, 9.17) is 11.6 Å². The van der Waals surface area contributed by atoms with Gasteiger partial charge in [-0.3, -0.25) is 0 Å². The second kappa shape index (κ2) is 10.2. The summed E-state index contributed by atoms with van der Waals surface area (Å²) in [6, 6.07) is 6.41. The Morgan fingerprint density at radius 2 is 1.68 bits per heavy atom. The zero-order chi connectivity index (χ0) is 17.3. The lowest BCUT2D eigenvalue weighted by atomic mass is 9.84. The average molecular weight is 358 g/mol. The number of hydrogen-bond donors (Lipinski definition) is 1. The first-order chi connectivity index (χ1) is 12.3. The molecule has 1 N–H and O–H groups in total. The Morgan fingerprint density at radius 3 is 2.40 bits per heavy atom. The van der Waals surface area contributed by atoms with Crippen LogP contribution in [0.15, 0.2) is 18.2 Å². The molecule has 0 aromatic heterocycles. The maximum Gasteiger partial charge on any atom is 0.0580 e. The topological polar surface area (TPSA) is 12.0 Å². The van der Waals surface area contributed by atoms with Crippen LogP contribution in [0, 0.1) is 17.8 Å². The quantitative estimate of drug-likeness (QED) is 0.481. The molecule has 25 heavy (non-hydrogen) atoms. The van der Waals surface area contributed by atoms with E-state index in [1.165, 1.54) is 76.2 Å². The van der Waals surface area contributed by atoms with Crippen molar-refractivity contribution in [2.75, 3.05) is 13.1 Å². The van der Waals surface area contributed by atoms with Crippen LogP contribution in [-0.4, -0.2) is 13.1 Å². The van der Waals surface area contributed by atoms with Crippen LogP contribution in [0.25, 0.3) is 0 Å². The van der Waals surface area contributed by atoms with E-state index in [0.717, 1.165) is 29.6 Å². The largest absolute Gasteiger partial charge is 0.306 e. The molecule has 0 heterocycles. The SMILES string of the molecule is Clc1cc(C#CCNCCC2CCCCC2)ccc1C1CCCCC1. The molecule has 0 saturated heterocycles. The maximum atomic E-state index is 6.53. The summed E-state index contributed by atoms with van der Waals surface area (Å²) in [4.78, 5) is 0. The molecule has 0 spiro atoms. The van der Waals surface area contributed by atoms with E-state index in [2.05, 4.69) is 35.4 Å². The van der Waals surface area contributed by atoms with Crippen molar-refractivity contribution in [1.29, 1.82) is 0 Å². The number of benzene rings is 1. The lowest BCUT2D eigenvalue weighted by molar-refractivity contribution is 0.336. The van der Waals surface area contributed by atoms with Crippen molar-refractivity contribution in [2.45, 2.75) is 76.5 Å². The highest BCUT2D eigenvalue weighted by atomic mass is 35.5. The van der Waals surface area contributed by atoms with Gasteiger partial charge in [0.15, 0.2) is 0 Å². The molecule has 1 aromatic rings. The van der Waals surface area contributed by atoms with Crippen molar-refractivity contribution < 1.29 is 0 Å². The number of rotatable bonds is 5. The van der Waals surface area contributed by atoms with Crippen molar-refractivity contribution in [3.63, 3.8) is 0 Å². The highest BCUT2D eigenvalue weighted by Crippen LogP contribution is 2.36. The first-order valence-corrected chi connectivity index (χ1v) is 10.7. The van der Waals surface area contributed by atoms with E-state index in [1.54, 1.807) is 0 Å². The molecular weight excluding hydrogens is 326 g/mol. The Balaban J connectivity index is 1.42. The lowest BCUT2D eigenvalue weighted by Crippen LogP contribution is -2.19. The van der Waals surface area contributed by atoms with Gasteiger partial charge in [0.25, 0.3) is 0 Å². The van der Waals surface area contributed by atoms with Gasteiger partial charge in [-0.2, -0.15) is 0 Å². The lowest BCUT2D eigenvalue weighted by Gasteiger charge is -2.22. The van der Waals surface area contributed by atoms with Crippen LogP contribution in [0.4, 0.5) is 0 Å². The molecule has 2 fully saturated rings. The third-order valence-electron chi connectivity index (χ3n) is 5.95. The Bertz CT molecular complexity index is 586. The number of halogens is 1. The summed E-state index contributed by atoms with van der Waals surface area (Å²) in [5, 5.41) is 4.38. The second-order valence-electron chi connectivity index (χ2n) is 7.84. The zero-order valence-corrected chi connectivity index (χ0v) is 16.2. The molecule has 136 valence electrons. The minimum Gasteiger partial charge on any atom is -0.306 e. The number of nitrogens with one attached hydrogen (secondary N) is 1. The fraction of sp³-hybridized carbons (Fsp3) is 0.652. The minimum atomic E-state index is 0.657. The van der Waals surface area contributed by atoms with Gasteiger partial charge in [0.05, 0.1) is 6.54 Å². The zero-order valence-electron chi connectivity index (χ0n) is 15.5. The van der Waals surface area contributed by atoms with E-state index >= 15 is 0 Å². The minimum absolute atomic E-state index is 0.657. The van der Waals surface area contributed by atoms with Crippen LogP contribution < -0.4 is 5.32 Å². The van der Waals surface area contributed by atoms with Crippen LogP contribution >= 0.6 is 11.6 Å². The van der Waals surface area contributed by atoms with Crippen molar-refractivity contribution in [2.24, 2.45) is 5.92 Å². The standard InChI is InChI=1S/C23H32ClN/c24-23-18-20(13-14-22(23)21-11-5-2-6-12-21)10-7-16-25-17-15-19-8-3-1-4-9-19/h13-14,18-19,21,25H,1-6,8-9,11-12,15-17H2. The summed E-state index contributed by atoms with van der Waals surface area (Å²) < 4.78 is 0. The first-order valence-electron chi connectivity index (χ1n) is 10.3. The molecule has 0 unspecified atom stereocenters. The third-order valence-corrected chi connectivity index (χ3v) is 6.27. The van der Waals surface area contributed by atoms with Gasteiger partial charge in [0.1, 0.15) is 0 Å². The van der Waals surface area contributed by atoms with Gasteiger partial charge in [0, 0.05) is 10.6 Å². The molecule has 1 aromatic carbocycles. The van der Waals surface area contributed by atoms with Gasteiger partial charge in [-0.25, -0.2) is 0 Å². The van der Waals surface area contributed by atoms with Gasteiger partial charge in [0.2, 0.25) is 0 Å². The Morgan fingerprint density at radius 1 is 0.960 bits per heavy atom. The fourth-order valence-corrected chi connectivity index (χ4v) is 4.76. The Kier molecular flexibility index (Phi) is 7.71. The Labute approximate surface area is 158 Å². The summed E-state index contributed by atoms with van der Waals surface area (Å²) in [7, 11) is 0. The Hall–Kier alpha value is -0.970. The van der Waals surface area contributed by atoms with Crippen LogP contribution in [-0.2, 0) is 0 Å². The molecule has 0 aliphatic heterocycles.